The Kier molecular flexibility index (Phi) is 5.95. The maximum absolute atomic E-state index is 13.9. The number of allylic oxidation sites excluding steroid dienone is 2. The molecule has 39 heavy (non-hydrogen) atoms. The number of halogens is 3. The number of aromatic hydroxyl groups is 1. The van der Waals surface area contributed by atoms with Gasteiger partial charge in [-0.15, -0.1) is 23.2 Å². The third kappa shape index (κ3) is 3.36. The fourth-order valence-electron chi connectivity index (χ4n) is 6.85. The number of benzene rings is 2. The Bertz CT molecular complexity index is 1500. The highest BCUT2D eigenvalue weighted by atomic mass is 79.9. The highest BCUT2D eigenvalue weighted by Gasteiger charge is 2.75. The molecule has 2 saturated heterocycles. The number of alkyl halides is 2. The molecule has 1 N–H and O–H groups in total. The van der Waals surface area contributed by atoms with Gasteiger partial charge in [0.2, 0.25) is 11.8 Å². The Morgan fingerprint density at radius 2 is 1.69 bits per heavy atom. The molecule has 0 spiro atoms. The van der Waals surface area contributed by atoms with E-state index in [-0.39, 0.29) is 36.2 Å². The molecule has 3 fully saturated rings. The van der Waals surface area contributed by atoms with Crippen molar-refractivity contribution in [1.82, 2.24) is 4.90 Å². The molecule has 4 amide bonds. The van der Waals surface area contributed by atoms with Crippen LogP contribution < -0.4 is 9.64 Å². The summed E-state index contributed by atoms with van der Waals surface area (Å²) in [7, 11) is 2.75. The second-order valence-electron chi connectivity index (χ2n) is 10.4. The minimum absolute atomic E-state index is 0.0915. The molecule has 0 radical (unpaired) electrons. The van der Waals surface area contributed by atoms with Gasteiger partial charge in [-0.2, -0.15) is 0 Å². The lowest BCUT2D eigenvalue weighted by atomic mass is 9.56. The first-order valence-electron chi connectivity index (χ1n) is 12.4. The minimum atomic E-state index is -1.91. The number of hydrogen-bond donors (Lipinski definition) is 1. The van der Waals surface area contributed by atoms with Crippen molar-refractivity contribution in [2.24, 2.45) is 17.8 Å². The number of carbonyl (C=O) groups is 4. The summed E-state index contributed by atoms with van der Waals surface area (Å²) in [6.45, 7) is 0. The number of carbonyl (C=O) groups excluding carboxylic acids is 4. The fraction of sp³-hybridized carbons (Fsp3) is 0.357. The minimum Gasteiger partial charge on any atom is -0.504 e. The molecule has 4 aliphatic rings. The highest BCUT2D eigenvalue weighted by Crippen LogP contribution is 2.65. The maximum atomic E-state index is 13.9. The molecule has 2 heterocycles. The highest BCUT2D eigenvalue weighted by molar-refractivity contribution is 9.10. The van der Waals surface area contributed by atoms with Crippen LogP contribution in [0.4, 0.5) is 5.69 Å². The molecule has 11 heteroatoms. The van der Waals surface area contributed by atoms with Crippen molar-refractivity contribution in [2.45, 2.75) is 28.5 Å². The number of phenolic OH excluding ortho intramolecular Hbond substituents is 1. The number of likely N-dealkylation sites (tertiary alicyclic amines) is 1. The maximum Gasteiger partial charge on any atom is 0.253 e. The molecule has 0 aromatic heterocycles. The van der Waals surface area contributed by atoms with Gasteiger partial charge in [0, 0.05) is 17.4 Å². The van der Waals surface area contributed by atoms with Crippen LogP contribution in [0, 0.1) is 17.8 Å². The molecule has 6 rings (SSSR count). The summed E-state index contributed by atoms with van der Waals surface area (Å²) in [5, 5.41) is 10.6. The van der Waals surface area contributed by atoms with E-state index >= 15 is 0 Å². The number of phenols is 1. The van der Waals surface area contributed by atoms with E-state index in [9.17, 15) is 24.3 Å². The van der Waals surface area contributed by atoms with Crippen LogP contribution in [0.5, 0.6) is 11.5 Å². The molecule has 1 saturated carbocycles. The van der Waals surface area contributed by atoms with Crippen LogP contribution in [-0.4, -0.2) is 57.5 Å². The number of anilines is 1. The standard InChI is InChI=1S/C28H23BrCl2N2O6/c1-32-25(37)27(30)12-18-16(22(28(27,31)26(32)38)13-3-10-20(39-2)19(34)11-13)8-9-17-21(18)24(36)33(23(17)35)15-6-4-14(29)5-7-15/h3-8,10-11,17-18,21-22,34H,9,12H2,1-2H3. The summed E-state index contributed by atoms with van der Waals surface area (Å²) in [5.41, 5.74) is 1.55. The lowest BCUT2D eigenvalue weighted by Gasteiger charge is -2.50. The molecule has 6 unspecified atom stereocenters. The third-order valence-corrected chi connectivity index (χ3v) is 10.6. The zero-order valence-corrected chi connectivity index (χ0v) is 24.0. The number of amides is 4. The normalized spacial score (nSPS) is 33.6. The summed E-state index contributed by atoms with van der Waals surface area (Å²) in [5.74, 6) is -4.99. The monoisotopic (exact) mass is 632 g/mol. The van der Waals surface area contributed by atoms with Crippen molar-refractivity contribution >= 4 is 68.4 Å². The molecular weight excluding hydrogens is 611 g/mol. The van der Waals surface area contributed by atoms with Gasteiger partial charge in [0.25, 0.3) is 11.8 Å². The van der Waals surface area contributed by atoms with Gasteiger partial charge in [0.15, 0.2) is 21.2 Å². The summed E-state index contributed by atoms with van der Waals surface area (Å²) >= 11 is 17.6. The number of hydrogen-bond acceptors (Lipinski definition) is 6. The predicted molar refractivity (Wildman–Crippen MR) is 147 cm³/mol. The van der Waals surface area contributed by atoms with Gasteiger partial charge in [-0.25, -0.2) is 0 Å². The van der Waals surface area contributed by atoms with E-state index in [1.165, 1.54) is 25.1 Å². The summed E-state index contributed by atoms with van der Waals surface area (Å²) in [4.78, 5) is 52.9. The SMILES string of the molecule is COc1ccc(C2C3=CCC4C(=O)N(c5ccc(Br)cc5)C(=O)C4C3CC3(Cl)C(=O)N(C)C(=O)C23Cl)cc1O. The van der Waals surface area contributed by atoms with Crippen molar-refractivity contribution in [2.75, 3.05) is 19.1 Å². The van der Waals surface area contributed by atoms with Crippen LogP contribution in [0.2, 0.25) is 0 Å². The topological polar surface area (TPSA) is 104 Å². The van der Waals surface area contributed by atoms with E-state index in [4.69, 9.17) is 27.9 Å². The number of nitrogens with zero attached hydrogens (tertiary/aromatic N) is 2. The summed E-state index contributed by atoms with van der Waals surface area (Å²) < 4.78 is 5.99. The lowest BCUT2D eigenvalue weighted by Crippen LogP contribution is -2.60. The Labute approximate surface area is 242 Å². The van der Waals surface area contributed by atoms with Gasteiger partial charge >= 0.3 is 0 Å². The van der Waals surface area contributed by atoms with Crippen LogP contribution in [0.15, 0.2) is 58.6 Å². The largest absolute Gasteiger partial charge is 0.504 e. The van der Waals surface area contributed by atoms with E-state index in [2.05, 4.69) is 15.9 Å². The first-order valence-corrected chi connectivity index (χ1v) is 13.9. The van der Waals surface area contributed by atoms with E-state index in [0.717, 1.165) is 9.37 Å². The van der Waals surface area contributed by atoms with Crippen LogP contribution in [0.25, 0.3) is 0 Å². The molecule has 202 valence electrons. The van der Waals surface area contributed by atoms with Gasteiger partial charge in [0.05, 0.1) is 24.6 Å². The third-order valence-electron chi connectivity index (χ3n) is 8.64. The molecule has 2 aromatic carbocycles. The van der Waals surface area contributed by atoms with Crippen molar-refractivity contribution in [3.63, 3.8) is 0 Å². The van der Waals surface area contributed by atoms with Crippen LogP contribution >= 0.6 is 39.1 Å². The molecule has 2 aromatic rings. The second-order valence-corrected chi connectivity index (χ2v) is 12.6. The summed E-state index contributed by atoms with van der Waals surface area (Å²) in [6, 6.07) is 11.5. The molecule has 0 bridgehead atoms. The fourth-order valence-corrected chi connectivity index (χ4v) is 8.13. The van der Waals surface area contributed by atoms with E-state index in [0.29, 0.717) is 16.8 Å². The van der Waals surface area contributed by atoms with E-state index in [1.54, 1.807) is 36.4 Å². The first kappa shape index (κ1) is 26.3. The number of fused-ring (bicyclic) bond motifs is 4. The predicted octanol–water partition coefficient (Wildman–Crippen LogP) is 4.36. The lowest BCUT2D eigenvalue weighted by molar-refractivity contribution is -0.138. The van der Waals surface area contributed by atoms with Crippen LogP contribution in [0.1, 0.15) is 24.3 Å². The number of imide groups is 2. The second kappa shape index (κ2) is 8.81. The van der Waals surface area contributed by atoms with Gasteiger partial charge in [0.1, 0.15) is 0 Å². The van der Waals surface area contributed by atoms with Crippen molar-refractivity contribution in [3.05, 3.63) is 64.1 Å². The average Bonchev–Trinajstić information content (AvgIpc) is 3.24. The average molecular weight is 634 g/mol. The Morgan fingerprint density at radius 1 is 1.00 bits per heavy atom. The number of ether oxygens (including phenoxy) is 1. The van der Waals surface area contributed by atoms with Gasteiger partial charge in [-0.3, -0.25) is 29.0 Å². The smallest absolute Gasteiger partial charge is 0.253 e. The van der Waals surface area contributed by atoms with E-state index < -0.39 is 45.2 Å². The zero-order chi connectivity index (χ0) is 28.0. The van der Waals surface area contributed by atoms with Crippen molar-refractivity contribution in [1.29, 1.82) is 0 Å². The molecule has 2 aliphatic heterocycles. The number of methoxy groups -OCH3 is 1. The van der Waals surface area contributed by atoms with Crippen LogP contribution in [0.3, 0.4) is 0 Å². The quantitative estimate of drug-likeness (QED) is 0.306. The first-order chi connectivity index (χ1) is 18.5. The molecule has 8 nitrogen and oxygen atoms in total. The molecule has 2 aliphatic carbocycles. The number of rotatable bonds is 3. The van der Waals surface area contributed by atoms with Gasteiger partial charge < -0.3 is 9.84 Å². The Hall–Kier alpha value is -2.88. The Morgan fingerprint density at radius 3 is 2.33 bits per heavy atom. The van der Waals surface area contributed by atoms with Gasteiger partial charge in [-0.05, 0) is 60.7 Å². The van der Waals surface area contributed by atoms with E-state index in [1.807, 2.05) is 6.08 Å². The molecule has 6 atom stereocenters. The van der Waals surface area contributed by atoms with Crippen LogP contribution in [-0.2, 0) is 19.2 Å². The zero-order valence-electron chi connectivity index (χ0n) is 20.9. The van der Waals surface area contributed by atoms with Crippen molar-refractivity contribution in [3.8, 4) is 11.5 Å². The van der Waals surface area contributed by atoms with Gasteiger partial charge in [-0.1, -0.05) is 33.6 Å². The molecular formula is C28H23BrCl2N2O6. The Balaban J connectivity index is 1.51. The van der Waals surface area contributed by atoms with Crippen molar-refractivity contribution < 1.29 is 29.0 Å². The summed E-state index contributed by atoms with van der Waals surface area (Å²) in [6.07, 6.45) is 2.02.